The van der Waals surface area contributed by atoms with Gasteiger partial charge in [0.15, 0.2) is 15.8 Å². The van der Waals surface area contributed by atoms with Gasteiger partial charge in [-0.3, -0.25) is 23.6 Å². The van der Waals surface area contributed by atoms with Gasteiger partial charge in [0.25, 0.3) is 41.0 Å². The Bertz CT molecular complexity index is 3110. The lowest BCUT2D eigenvalue weighted by molar-refractivity contribution is 0.317. The number of benzene rings is 4. The molecule has 6 rings (SSSR count). The van der Waals surface area contributed by atoms with E-state index in [9.17, 15) is 44.3 Å². The second-order valence-electron chi connectivity index (χ2n) is 12.6. The van der Waals surface area contributed by atoms with Crippen LogP contribution in [0.3, 0.4) is 0 Å². The summed E-state index contributed by atoms with van der Waals surface area (Å²) >= 11 is 2.80. The van der Waals surface area contributed by atoms with E-state index in [0.717, 1.165) is 45.6 Å². The number of azo groups is 3. The van der Waals surface area contributed by atoms with E-state index >= 15 is 0 Å². The van der Waals surface area contributed by atoms with Gasteiger partial charge in [0.2, 0.25) is 0 Å². The van der Waals surface area contributed by atoms with Crippen LogP contribution in [0.25, 0.3) is 16.5 Å². The molecule has 0 amide bonds. The molecule has 0 radical (unpaired) electrons. The van der Waals surface area contributed by atoms with Crippen LogP contribution in [0.15, 0.2) is 116 Å². The largest absolute Gasteiger partial charge is 0.505 e. The van der Waals surface area contributed by atoms with Gasteiger partial charge in [-0.15, -0.1) is 40.9 Å². The highest BCUT2D eigenvalue weighted by atomic mass is 32.2. The Morgan fingerprint density at radius 2 is 1.44 bits per heavy atom. The van der Waals surface area contributed by atoms with Crippen LogP contribution < -0.4 is 10.3 Å². The number of ether oxygens (including phenoxy) is 1. The van der Waals surface area contributed by atoms with Crippen LogP contribution in [0, 0.1) is 6.92 Å². The van der Waals surface area contributed by atoms with E-state index < -0.39 is 62.9 Å². The monoisotopic (exact) mass is 932 g/mol. The summed E-state index contributed by atoms with van der Waals surface area (Å²) < 4.78 is 107. The van der Waals surface area contributed by atoms with Crippen molar-refractivity contribution in [3.8, 4) is 17.2 Å². The number of hydrogen-bond donors (Lipinski definition) is 5. The summed E-state index contributed by atoms with van der Waals surface area (Å²) in [6.45, 7) is 3.59. The van der Waals surface area contributed by atoms with Gasteiger partial charge in [-0.2, -0.15) is 25.3 Å². The highest BCUT2D eigenvalue weighted by Crippen LogP contribution is 2.43. The fourth-order valence-corrected chi connectivity index (χ4v) is 8.73. The van der Waals surface area contributed by atoms with E-state index in [0.29, 0.717) is 16.4 Å². The van der Waals surface area contributed by atoms with Gasteiger partial charge in [0.05, 0.1) is 34.8 Å². The molecule has 4 aromatic carbocycles. The predicted octanol–water partition coefficient (Wildman–Crippen LogP) is 8.08. The molecule has 5 N–H and O–H groups in total. The smallest absolute Gasteiger partial charge is 0.298 e. The van der Waals surface area contributed by atoms with Gasteiger partial charge in [-0.1, -0.05) is 36.1 Å². The van der Waals surface area contributed by atoms with E-state index in [1.807, 2.05) is 6.92 Å². The molecule has 0 saturated heterocycles. The first-order valence-electron chi connectivity index (χ1n) is 17.4. The SMILES string of the molecule is CCCSc1nnc(N=Nc2cc(OCCCS(=O)(=O)O)c(N=Nc3ccc4c(S(=O)(=O)O)c(N=Nc5c[nH]n(-c6ccc(S(=O)(=O)O)cc6)c5=O)ccc4c3O)cc2C)s1. The number of phenols is 1. The predicted molar refractivity (Wildman–Crippen MR) is 223 cm³/mol. The summed E-state index contributed by atoms with van der Waals surface area (Å²) in [6, 6.07) is 12.5. The lowest BCUT2D eigenvalue weighted by Crippen LogP contribution is -2.14. The van der Waals surface area contributed by atoms with Gasteiger partial charge >= 0.3 is 0 Å². The minimum atomic E-state index is -5.05. The van der Waals surface area contributed by atoms with Crippen molar-refractivity contribution in [3.63, 3.8) is 0 Å². The number of thioether (sulfide) groups is 1. The first kappa shape index (κ1) is 44.7. The standard InChI is InChI=1S/C34H32N10O12S5/c1-3-14-57-34-43-42-33(58-34)41-38-26-17-29(56-13-4-15-59(47,48)49)27(16-19(26)2)39-36-24-11-10-23-22(30(24)45)9-12-25(31(23)61(53,54)55)37-40-28-18-35-44(32(28)46)20-5-7-21(8-6-20)60(50,51)52/h5-12,16-18,35,45H,3-4,13-15H2,1-2H3,(H,47,48,49)(H,50,51,52)(H,53,54,55). The highest BCUT2D eigenvalue weighted by molar-refractivity contribution is 8.01. The molecule has 2 heterocycles. The summed E-state index contributed by atoms with van der Waals surface area (Å²) in [6.07, 6.45) is 2.02. The summed E-state index contributed by atoms with van der Waals surface area (Å²) in [4.78, 5) is 11.9. The zero-order valence-electron chi connectivity index (χ0n) is 31.5. The van der Waals surface area contributed by atoms with E-state index in [2.05, 4.69) is 46.0 Å². The van der Waals surface area contributed by atoms with Crippen LogP contribution in [0.5, 0.6) is 11.5 Å². The fourth-order valence-electron chi connectivity index (χ4n) is 5.35. The van der Waals surface area contributed by atoms with Crippen molar-refractivity contribution in [2.75, 3.05) is 18.1 Å². The molecule has 0 atom stereocenters. The second-order valence-corrected chi connectivity index (χ2v) is 19.2. The lowest BCUT2D eigenvalue weighted by Gasteiger charge is -2.11. The molecule has 0 bridgehead atoms. The quantitative estimate of drug-likeness (QED) is 0.0250. The Morgan fingerprint density at radius 3 is 2.13 bits per heavy atom. The molecule has 6 aromatic rings. The van der Waals surface area contributed by atoms with Crippen LogP contribution in [0.4, 0.5) is 33.6 Å². The van der Waals surface area contributed by atoms with Crippen LogP contribution in [-0.4, -0.2) is 82.1 Å². The van der Waals surface area contributed by atoms with Crippen LogP contribution >= 0.6 is 23.1 Å². The maximum atomic E-state index is 13.0. The Morgan fingerprint density at radius 1 is 0.787 bits per heavy atom. The van der Waals surface area contributed by atoms with Gasteiger partial charge in [-0.25, -0.2) is 4.68 Å². The molecule has 27 heteroatoms. The maximum Gasteiger partial charge on any atom is 0.298 e. The van der Waals surface area contributed by atoms with Crippen LogP contribution in [-0.2, 0) is 30.4 Å². The van der Waals surface area contributed by atoms with E-state index in [1.165, 1.54) is 47.7 Å². The molecule has 0 aliphatic rings. The molecule has 0 saturated carbocycles. The molecule has 320 valence electrons. The molecule has 0 aliphatic carbocycles. The minimum Gasteiger partial charge on any atom is -0.505 e. The zero-order valence-corrected chi connectivity index (χ0v) is 35.6. The van der Waals surface area contributed by atoms with Gasteiger partial charge in [0.1, 0.15) is 27.7 Å². The molecule has 2 aromatic heterocycles. The van der Waals surface area contributed by atoms with Gasteiger partial charge in [0, 0.05) is 22.6 Å². The summed E-state index contributed by atoms with van der Waals surface area (Å²) in [5.41, 5.74) is -0.439. The third-order valence-corrected chi connectivity index (χ3v) is 12.9. The summed E-state index contributed by atoms with van der Waals surface area (Å²) in [5.74, 6) is -0.163. The number of phenolic OH excluding ortho intramolecular Hbond substituents is 1. The number of aryl methyl sites for hydroxylation is 1. The topological polar surface area (TPSA) is 330 Å². The maximum absolute atomic E-state index is 13.0. The molecule has 61 heavy (non-hydrogen) atoms. The fraction of sp³-hybridized carbons (Fsp3) is 0.206. The van der Waals surface area contributed by atoms with E-state index in [1.54, 1.807) is 24.8 Å². The summed E-state index contributed by atoms with van der Waals surface area (Å²) in [5, 5.41) is 46.5. The van der Waals surface area contributed by atoms with Gasteiger partial charge < -0.3 is 9.84 Å². The molecular weight excluding hydrogens is 901 g/mol. The second kappa shape index (κ2) is 18.4. The Kier molecular flexibility index (Phi) is 13.5. The third-order valence-electron chi connectivity index (χ3n) is 8.17. The average Bonchev–Trinajstić information content (AvgIpc) is 3.81. The Hall–Kier alpha value is -5.81. The number of H-pyrrole nitrogens is 1. The molecule has 0 aliphatic heterocycles. The first-order chi connectivity index (χ1) is 28.8. The van der Waals surface area contributed by atoms with Crippen LogP contribution in [0.1, 0.15) is 25.3 Å². The minimum absolute atomic E-state index is 0.0775. The number of aromatic hydroxyl groups is 1. The molecule has 0 spiro atoms. The number of fused-ring (bicyclic) bond motifs is 1. The van der Waals surface area contributed by atoms with Crippen molar-refractivity contribution >= 4 is 97.8 Å². The summed E-state index contributed by atoms with van der Waals surface area (Å²) in [7, 11) is -13.8. The number of hydrogen-bond acceptors (Lipinski definition) is 19. The van der Waals surface area contributed by atoms with Crippen molar-refractivity contribution in [2.45, 2.75) is 40.8 Å². The van der Waals surface area contributed by atoms with E-state index in [-0.39, 0.29) is 52.3 Å². The van der Waals surface area contributed by atoms with Crippen molar-refractivity contribution < 1.29 is 48.8 Å². The van der Waals surface area contributed by atoms with E-state index in [4.69, 9.17) is 9.29 Å². The Labute approximate surface area is 354 Å². The number of nitrogens with zero attached hydrogens (tertiary/aromatic N) is 9. The lowest BCUT2D eigenvalue weighted by atomic mass is 10.1. The van der Waals surface area contributed by atoms with Crippen molar-refractivity contribution in [1.29, 1.82) is 0 Å². The number of nitrogens with one attached hydrogen (secondary N) is 1. The zero-order chi connectivity index (χ0) is 44.1. The first-order valence-corrected chi connectivity index (χ1v) is 23.7. The normalized spacial score (nSPS) is 12.7. The van der Waals surface area contributed by atoms with Crippen LogP contribution in [0.2, 0.25) is 0 Å². The molecule has 22 nitrogen and oxygen atoms in total. The number of rotatable bonds is 17. The molecule has 0 unspecified atom stereocenters. The van der Waals surface area contributed by atoms with Crippen molar-refractivity contribution in [1.82, 2.24) is 20.0 Å². The van der Waals surface area contributed by atoms with Gasteiger partial charge in [-0.05, 0) is 73.9 Å². The van der Waals surface area contributed by atoms with Crippen molar-refractivity contribution in [2.24, 2.45) is 30.7 Å². The Balaban J connectivity index is 1.30. The van der Waals surface area contributed by atoms with Crippen molar-refractivity contribution in [3.05, 3.63) is 82.8 Å². The highest BCUT2D eigenvalue weighted by Gasteiger charge is 2.23. The number of aromatic nitrogens is 4. The molecular formula is C34H32N10O12S5. The average molecular weight is 933 g/mol. The third kappa shape index (κ3) is 11.1. The molecule has 0 fully saturated rings. The number of aromatic amines is 1.